The molecule has 0 saturated heterocycles. The number of halogens is 1. The van der Waals surface area contributed by atoms with Crippen molar-refractivity contribution in [3.63, 3.8) is 0 Å². The molecule has 3 nitrogen and oxygen atoms in total. The van der Waals surface area contributed by atoms with Crippen LogP contribution < -0.4 is 5.43 Å². The van der Waals surface area contributed by atoms with E-state index >= 15 is 0 Å². The molecule has 0 aromatic heterocycles. The van der Waals surface area contributed by atoms with E-state index in [0.29, 0.717) is 5.75 Å². The van der Waals surface area contributed by atoms with Crippen molar-refractivity contribution in [3.05, 3.63) is 34.3 Å². The molecule has 0 spiro atoms. The van der Waals surface area contributed by atoms with Crippen molar-refractivity contribution >= 4 is 39.3 Å². The van der Waals surface area contributed by atoms with Crippen LogP contribution in [-0.2, 0) is 10.5 Å². The van der Waals surface area contributed by atoms with E-state index in [4.69, 9.17) is 0 Å². The normalized spacial score (nSPS) is 14.5. The fourth-order valence-corrected chi connectivity index (χ4v) is 3.37. The topological polar surface area (TPSA) is 41.5 Å². The molecule has 0 bridgehead atoms. The Morgan fingerprint density at radius 1 is 1.32 bits per heavy atom. The summed E-state index contributed by atoms with van der Waals surface area (Å²) in [6, 6.07) is 8.07. The molecule has 19 heavy (non-hydrogen) atoms. The van der Waals surface area contributed by atoms with Crippen molar-refractivity contribution in [1.29, 1.82) is 0 Å². The molecule has 1 saturated carbocycles. The van der Waals surface area contributed by atoms with Gasteiger partial charge in [0.05, 0.1) is 5.75 Å². The Hall–Kier alpha value is -0.810. The van der Waals surface area contributed by atoms with Crippen LogP contribution in [0.1, 0.15) is 31.2 Å². The summed E-state index contributed by atoms with van der Waals surface area (Å²) in [6.45, 7) is 0. The number of nitrogens with one attached hydrogen (secondary N) is 1. The molecule has 1 aromatic rings. The molecule has 102 valence electrons. The van der Waals surface area contributed by atoms with Crippen LogP contribution in [0.2, 0.25) is 0 Å². The van der Waals surface area contributed by atoms with Crippen molar-refractivity contribution in [3.8, 4) is 0 Å². The Kier molecular flexibility index (Phi) is 5.92. The number of thioether (sulfide) groups is 1. The summed E-state index contributed by atoms with van der Waals surface area (Å²) in [6.07, 6.45) is 4.46. The molecule has 1 aromatic carbocycles. The maximum atomic E-state index is 11.6. The zero-order valence-corrected chi connectivity index (χ0v) is 13.1. The largest absolute Gasteiger partial charge is 0.272 e. The third-order valence-electron chi connectivity index (χ3n) is 2.97. The standard InChI is InChI=1S/C14H17BrN2OS/c15-13-8-4-1-5-11(13)9-19-10-14(18)17-16-12-6-2-3-7-12/h1,4-5,8H,2-3,6-7,9-10H2,(H,17,18). The molecule has 2 rings (SSSR count). The Labute approximate surface area is 126 Å². The number of hydrogen-bond donors (Lipinski definition) is 1. The van der Waals surface area contributed by atoms with Gasteiger partial charge in [-0.25, -0.2) is 5.43 Å². The maximum absolute atomic E-state index is 11.6. The van der Waals surface area contributed by atoms with E-state index in [0.717, 1.165) is 28.8 Å². The van der Waals surface area contributed by atoms with Crippen LogP contribution in [0.4, 0.5) is 0 Å². The van der Waals surface area contributed by atoms with Gasteiger partial charge in [0.15, 0.2) is 0 Å². The SMILES string of the molecule is O=C(CSCc1ccccc1Br)NN=C1CCCC1. The van der Waals surface area contributed by atoms with Gasteiger partial charge in [0.2, 0.25) is 5.91 Å². The average Bonchev–Trinajstić information content (AvgIpc) is 2.92. The molecule has 0 aliphatic heterocycles. The van der Waals surface area contributed by atoms with Gasteiger partial charge in [-0.3, -0.25) is 4.79 Å². The van der Waals surface area contributed by atoms with Gasteiger partial charge in [-0.15, -0.1) is 11.8 Å². The van der Waals surface area contributed by atoms with E-state index in [1.807, 2.05) is 18.2 Å². The fourth-order valence-electron chi connectivity index (χ4n) is 1.94. The lowest BCUT2D eigenvalue weighted by molar-refractivity contribution is -0.118. The first-order valence-electron chi connectivity index (χ1n) is 6.41. The summed E-state index contributed by atoms with van der Waals surface area (Å²) in [5, 5.41) is 4.16. The highest BCUT2D eigenvalue weighted by atomic mass is 79.9. The van der Waals surface area contributed by atoms with Crippen LogP contribution in [0.3, 0.4) is 0 Å². The lowest BCUT2D eigenvalue weighted by Gasteiger charge is -2.04. The van der Waals surface area contributed by atoms with Crippen LogP contribution in [0, 0.1) is 0 Å². The van der Waals surface area contributed by atoms with Gasteiger partial charge in [0.1, 0.15) is 0 Å². The monoisotopic (exact) mass is 340 g/mol. The van der Waals surface area contributed by atoms with Gasteiger partial charge in [-0.1, -0.05) is 34.1 Å². The highest BCUT2D eigenvalue weighted by molar-refractivity contribution is 9.10. The molecular formula is C14H17BrN2OS. The van der Waals surface area contributed by atoms with E-state index in [-0.39, 0.29) is 5.91 Å². The van der Waals surface area contributed by atoms with E-state index in [9.17, 15) is 4.79 Å². The molecule has 0 heterocycles. The summed E-state index contributed by atoms with van der Waals surface area (Å²) >= 11 is 5.10. The van der Waals surface area contributed by atoms with E-state index in [1.165, 1.54) is 18.4 Å². The quantitative estimate of drug-likeness (QED) is 0.829. The average molecular weight is 341 g/mol. The third-order valence-corrected chi connectivity index (χ3v) is 4.72. The second-order valence-electron chi connectivity index (χ2n) is 4.50. The van der Waals surface area contributed by atoms with Crippen molar-refractivity contribution in [2.45, 2.75) is 31.4 Å². The Morgan fingerprint density at radius 3 is 2.79 bits per heavy atom. The number of amides is 1. The number of carbonyl (C=O) groups is 1. The first kappa shape index (κ1) is 14.6. The van der Waals surface area contributed by atoms with Crippen LogP contribution >= 0.6 is 27.7 Å². The summed E-state index contributed by atoms with van der Waals surface area (Å²) in [4.78, 5) is 11.6. The number of hydrogen-bond acceptors (Lipinski definition) is 3. The summed E-state index contributed by atoms with van der Waals surface area (Å²) < 4.78 is 1.09. The van der Waals surface area contributed by atoms with E-state index < -0.39 is 0 Å². The number of benzene rings is 1. The number of carbonyl (C=O) groups excluding carboxylic acids is 1. The molecule has 1 N–H and O–H groups in total. The van der Waals surface area contributed by atoms with Crippen molar-refractivity contribution in [1.82, 2.24) is 5.43 Å². The molecule has 1 aliphatic rings. The summed E-state index contributed by atoms with van der Waals surface area (Å²) in [5.74, 6) is 1.25. The second-order valence-corrected chi connectivity index (χ2v) is 6.34. The Morgan fingerprint density at radius 2 is 2.05 bits per heavy atom. The minimum absolute atomic E-state index is 0.0172. The Bertz CT molecular complexity index is 468. The number of rotatable bonds is 5. The summed E-state index contributed by atoms with van der Waals surface area (Å²) in [7, 11) is 0. The van der Waals surface area contributed by atoms with Crippen LogP contribution in [0.5, 0.6) is 0 Å². The van der Waals surface area contributed by atoms with E-state index in [2.05, 4.69) is 32.5 Å². The van der Waals surface area contributed by atoms with Gasteiger partial charge in [0, 0.05) is 15.9 Å². The van der Waals surface area contributed by atoms with Gasteiger partial charge in [0.25, 0.3) is 0 Å². The minimum atomic E-state index is -0.0172. The first-order chi connectivity index (χ1) is 9.25. The van der Waals surface area contributed by atoms with Gasteiger partial charge in [-0.2, -0.15) is 5.10 Å². The third kappa shape index (κ3) is 4.99. The molecular weight excluding hydrogens is 324 g/mol. The zero-order valence-electron chi connectivity index (χ0n) is 10.7. The minimum Gasteiger partial charge on any atom is -0.272 e. The predicted octanol–water partition coefficient (Wildman–Crippen LogP) is 3.73. The van der Waals surface area contributed by atoms with Gasteiger partial charge < -0.3 is 0 Å². The van der Waals surface area contributed by atoms with Gasteiger partial charge >= 0.3 is 0 Å². The highest BCUT2D eigenvalue weighted by Crippen LogP contribution is 2.21. The van der Waals surface area contributed by atoms with Crippen LogP contribution in [0.25, 0.3) is 0 Å². The first-order valence-corrected chi connectivity index (χ1v) is 8.36. The van der Waals surface area contributed by atoms with Crippen LogP contribution in [-0.4, -0.2) is 17.4 Å². The molecule has 5 heteroatoms. The molecule has 1 fully saturated rings. The molecule has 0 radical (unpaired) electrons. The van der Waals surface area contributed by atoms with Gasteiger partial charge in [-0.05, 0) is 37.3 Å². The maximum Gasteiger partial charge on any atom is 0.250 e. The van der Waals surface area contributed by atoms with E-state index in [1.54, 1.807) is 11.8 Å². The predicted molar refractivity (Wildman–Crippen MR) is 84.3 cm³/mol. The summed E-state index contributed by atoms with van der Waals surface area (Å²) in [5.41, 5.74) is 4.98. The Balaban J connectivity index is 1.69. The fraction of sp³-hybridized carbons (Fsp3) is 0.429. The number of nitrogens with zero attached hydrogens (tertiary/aromatic N) is 1. The van der Waals surface area contributed by atoms with Crippen molar-refractivity contribution < 1.29 is 4.79 Å². The number of hydrazone groups is 1. The molecule has 0 atom stereocenters. The second kappa shape index (κ2) is 7.70. The smallest absolute Gasteiger partial charge is 0.250 e. The highest BCUT2D eigenvalue weighted by Gasteiger charge is 2.09. The van der Waals surface area contributed by atoms with Crippen LogP contribution in [0.15, 0.2) is 33.8 Å². The van der Waals surface area contributed by atoms with Crippen molar-refractivity contribution in [2.24, 2.45) is 5.10 Å². The molecule has 1 aliphatic carbocycles. The lowest BCUT2D eigenvalue weighted by Crippen LogP contribution is -2.21. The van der Waals surface area contributed by atoms with Crippen molar-refractivity contribution in [2.75, 3.05) is 5.75 Å². The molecule has 0 unspecified atom stereocenters. The lowest BCUT2D eigenvalue weighted by atomic mass is 10.2. The zero-order chi connectivity index (χ0) is 13.5. The molecule has 1 amide bonds.